The number of carbonyl (C=O) groups excluding carboxylic acids is 3. The topological polar surface area (TPSA) is 175 Å². The Morgan fingerprint density at radius 1 is 0.453 bits per heavy atom. The normalized spacial score (nSPS) is 19.0. The minimum atomic E-state index is -1.92. The van der Waals surface area contributed by atoms with Gasteiger partial charge in [-0.1, -0.05) is 188 Å². The number of hydrogen-bond acceptors (Lipinski definition) is 11. The van der Waals surface area contributed by atoms with E-state index in [-0.39, 0.29) is 25.9 Å². The third-order valence-electron chi connectivity index (χ3n) is 12.3. The second-order valence-corrected chi connectivity index (χ2v) is 19.2. The van der Waals surface area contributed by atoms with Crippen molar-refractivity contribution in [3.63, 3.8) is 0 Å². The second kappa shape index (κ2) is 50.2. The largest absolute Gasteiger partial charge is 0.479 e. The molecule has 0 bridgehead atoms. The molecule has 0 aromatic rings. The molecule has 6 atom stereocenters. The van der Waals surface area contributed by atoms with Crippen LogP contribution in [0.2, 0.25) is 0 Å². The smallest absolute Gasteiger partial charge is 0.335 e. The van der Waals surface area contributed by atoms with E-state index < -0.39 is 67.3 Å². The summed E-state index contributed by atoms with van der Waals surface area (Å²) in [4.78, 5) is 51.0. The SMILES string of the molecule is CC/C=C\C/C=C\C/C=C\C/C=C\C/C=C\CCCCCC(=O)OC1C(OCC(COC(=O)CCCCCCC/C=C\C/C=C\C/C=C\CC)OC(=O)CCCCCCC/C=C\CCCC)OC(C(=O)O)C(O)C1O. The van der Waals surface area contributed by atoms with E-state index >= 15 is 0 Å². The van der Waals surface area contributed by atoms with E-state index in [0.717, 1.165) is 141 Å². The summed E-state index contributed by atoms with van der Waals surface area (Å²) in [7, 11) is 0. The van der Waals surface area contributed by atoms with Gasteiger partial charge in [0.1, 0.15) is 18.8 Å². The summed E-state index contributed by atoms with van der Waals surface area (Å²) < 4.78 is 28.3. The van der Waals surface area contributed by atoms with Gasteiger partial charge in [-0.3, -0.25) is 14.4 Å². The molecule has 1 rings (SSSR count). The Kier molecular flexibility index (Phi) is 45.8. The summed E-state index contributed by atoms with van der Waals surface area (Å²) in [5.74, 6) is -3.21. The molecule has 1 aliphatic rings. The van der Waals surface area contributed by atoms with E-state index in [0.29, 0.717) is 19.3 Å². The molecule has 75 heavy (non-hydrogen) atoms. The molecular formula is C63H100O12. The number of unbranched alkanes of at least 4 members (excludes halogenated alkanes) is 15. The van der Waals surface area contributed by atoms with Crippen LogP contribution in [0.25, 0.3) is 0 Å². The predicted molar refractivity (Wildman–Crippen MR) is 303 cm³/mol. The van der Waals surface area contributed by atoms with Crippen LogP contribution in [0, 0.1) is 0 Å². The fourth-order valence-corrected chi connectivity index (χ4v) is 7.92. The minimum Gasteiger partial charge on any atom is -0.479 e. The number of hydrogen-bond donors (Lipinski definition) is 3. The lowest BCUT2D eigenvalue weighted by atomic mass is 9.98. The maximum absolute atomic E-state index is 13.1. The summed E-state index contributed by atoms with van der Waals surface area (Å²) in [5.41, 5.74) is 0. The molecular weight excluding hydrogens is 949 g/mol. The van der Waals surface area contributed by atoms with Gasteiger partial charge >= 0.3 is 23.9 Å². The van der Waals surface area contributed by atoms with Gasteiger partial charge in [-0.2, -0.15) is 0 Å². The van der Waals surface area contributed by atoms with Gasteiger partial charge in [0.2, 0.25) is 0 Å². The van der Waals surface area contributed by atoms with Crippen LogP contribution in [0.5, 0.6) is 0 Å². The number of carboxylic acid groups (broad SMARTS) is 1. The number of esters is 3. The fraction of sp³-hybridized carbons (Fsp3) is 0.651. The number of aliphatic hydroxyl groups is 2. The second-order valence-electron chi connectivity index (χ2n) is 19.2. The van der Waals surface area contributed by atoms with Gasteiger partial charge in [-0.05, 0) is 116 Å². The van der Waals surface area contributed by atoms with Gasteiger partial charge in [0, 0.05) is 19.3 Å². The highest BCUT2D eigenvalue weighted by Crippen LogP contribution is 2.26. The molecule has 1 saturated heterocycles. The number of aliphatic carboxylic acids is 1. The molecule has 1 heterocycles. The molecule has 0 spiro atoms. The molecule has 1 fully saturated rings. The van der Waals surface area contributed by atoms with Crippen molar-refractivity contribution in [3.8, 4) is 0 Å². The molecule has 0 radical (unpaired) electrons. The third-order valence-corrected chi connectivity index (χ3v) is 12.3. The third kappa shape index (κ3) is 40.3. The molecule has 1 aliphatic heterocycles. The van der Waals surface area contributed by atoms with E-state index in [4.69, 9.17) is 23.7 Å². The van der Waals surface area contributed by atoms with Gasteiger partial charge in [0.05, 0.1) is 6.61 Å². The molecule has 3 N–H and O–H groups in total. The summed E-state index contributed by atoms with van der Waals surface area (Å²) in [6.45, 7) is 5.67. The van der Waals surface area contributed by atoms with Gasteiger partial charge < -0.3 is 39.0 Å². The number of carbonyl (C=O) groups is 4. The summed E-state index contributed by atoms with van der Waals surface area (Å²) >= 11 is 0. The van der Waals surface area contributed by atoms with Gasteiger partial charge in [0.25, 0.3) is 0 Å². The van der Waals surface area contributed by atoms with Crippen LogP contribution in [-0.4, -0.2) is 89.2 Å². The molecule has 0 saturated carbocycles. The van der Waals surface area contributed by atoms with Gasteiger partial charge in [-0.25, -0.2) is 4.79 Å². The molecule has 0 aliphatic carbocycles. The van der Waals surface area contributed by atoms with Crippen LogP contribution in [0.4, 0.5) is 0 Å². The van der Waals surface area contributed by atoms with Crippen molar-refractivity contribution in [2.75, 3.05) is 13.2 Å². The van der Waals surface area contributed by atoms with Crippen molar-refractivity contribution in [1.29, 1.82) is 0 Å². The monoisotopic (exact) mass is 1050 g/mol. The summed E-state index contributed by atoms with van der Waals surface area (Å²) in [5, 5.41) is 31.5. The molecule has 0 aromatic carbocycles. The minimum absolute atomic E-state index is 0.0134. The zero-order valence-corrected chi connectivity index (χ0v) is 46.5. The number of aliphatic hydroxyl groups excluding tert-OH is 2. The van der Waals surface area contributed by atoms with Gasteiger partial charge in [0.15, 0.2) is 24.6 Å². The Balaban J connectivity index is 2.72. The average Bonchev–Trinajstić information content (AvgIpc) is 3.39. The van der Waals surface area contributed by atoms with Crippen molar-refractivity contribution >= 4 is 23.9 Å². The summed E-state index contributed by atoms with van der Waals surface area (Å²) in [6, 6.07) is 0. The first-order valence-electron chi connectivity index (χ1n) is 28.9. The van der Waals surface area contributed by atoms with Crippen molar-refractivity contribution in [3.05, 3.63) is 109 Å². The number of carboxylic acids is 1. The van der Waals surface area contributed by atoms with E-state index in [9.17, 15) is 34.5 Å². The molecule has 12 nitrogen and oxygen atoms in total. The first kappa shape index (κ1) is 68.4. The van der Waals surface area contributed by atoms with E-state index in [1.54, 1.807) is 0 Å². The Hall–Kier alpha value is -4.62. The standard InChI is InChI=1S/C63H100O12/c1-4-7-10-13-16-19-22-24-26-27-28-29-31-33-36-39-42-45-48-51-57(66)74-61-59(68)58(67)60(62(69)70)75-63(61)72-53-54(73-56(65)50-47-44-41-38-34-21-18-15-12-9-6-3)52-71-55(64)49-46-43-40-37-35-32-30-25-23-20-17-14-11-8-5-2/h7-8,10-11,15-20,24-26,28-30,33,36,54,58-61,63,67-68H,4-6,9,12-14,21-23,27,31-32,34-35,37-53H2,1-3H3,(H,69,70)/b10-7-,11-8-,18-15-,19-16-,20-17-,26-24-,29-28-,30-25-,36-33-. The molecule has 424 valence electrons. The lowest BCUT2D eigenvalue weighted by molar-refractivity contribution is -0.301. The van der Waals surface area contributed by atoms with Crippen LogP contribution in [0.1, 0.15) is 213 Å². The highest BCUT2D eigenvalue weighted by molar-refractivity contribution is 5.74. The zero-order chi connectivity index (χ0) is 54.7. The maximum atomic E-state index is 13.1. The van der Waals surface area contributed by atoms with Crippen molar-refractivity contribution in [2.45, 2.75) is 250 Å². The first-order valence-corrected chi connectivity index (χ1v) is 28.9. The first-order chi connectivity index (χ1) is 36.6. The lowest BCUT2D eigenvalue weighted by Crippen LogP contribution is -2.61. The Morgan fingerprint density at radius 2 is 0.840 bits per heavy atom. The van der Waals surface area contributed by atoms with Crippen molar-refractivity contribution in [1.82, 2.24) is 0 Å². The van der Waals surface area contributed by atoms with Crippen LogP contribution in [-0.2, 0) is 42.9 Å². The van der Waals surface area contributed by atoms with Crippen LogP contribution in [0.15, 0.2) is 109 Å². The Bertz CT molecular complexity index is 1720. The zero-order valence-electron chi connectivity index (χ0n) is 46.5. The van der Waals surface area contributed by atoms with Crippen molar-refractivity contribution < 1.29 is 58.2 Å². The average molecular weight is 1050 g/mol. The van der Waals surface area contributed by atoms with Crippen LogP contribution in [0.3, 0.4) is 0 Å². The number of ether oxygens (including phenoxy) is 5. The number of rotatable bonds is 47. The maximum Gasteiger partial charge on any atom is 0.335 e. The lowest BCUT2D eigenvalue weighted by Gasteiger charge is -2.40. The van der Waals surface area contributed by atoms with Crippen LogP contribution >= 0.6 is 0 Å². The molecule has 6 unspecified atom stereocenters. The molecule has 0 amide bonds. The van der Waals surface area contributed by atoms with E-state index in [1.807, 2.05) is 0 Å². The fourth-order valence-electron chi connectivity index (χ4n) is 7.92. The van der Waals surface area contributed by atoms with E-state index in [1.165, 1.54) is 12.8 Å². The van der Waals surface area contributed by atoms with E-state index in [2.05, 4.69) is 130 Å². The number of allylic oxidation sites excluding steroid dienone is 18. The highest BCUT2D eigenvalue weighted by atomic mass is 16.7. The molecule has 12 heteroatoms. The van der Waals surface area contributed by atoms with Gasteiger partial charge in [-0.15, -0.1) is 0 Å². The van der Waals surface area contributed by atoms with Crippen molar-refractivity contribution in [2.24, 2.45) is 0 Å². The Labute approximate surface area is 453 Å². The summed E-state index contributed by atoms with van der Waals surface area (Å²) in [6.07, 6.45) is 54.9. The Morgan fingerprint density at radius 3 is 1.31 bits per heavy atom. The molecule has 0 aromatic heterocycles. The predicted octanol–water partition coefficient (Wildman–Crippen LogP) is 14.7. The quantitative estimate of drug-likeness (QED) is 0.0228. The highest BCUT2D eigenvalue weighted by Gasteiger charge is 2.50. The van der Waals surface area contributed by atoms with Crippen LogP contribution < -0.4 is 0 Å².